The first-order valence-corrected chi connectivity index (χ1v) is 8.87. The predicted octanol–water partition coefficient (Wildman–Crippen LogP) is 0.624. The highest BCUT2D eigenvalue weighted by Crippen LogP contribution is 2.28. The van der Waals surface area contributed by atoms with Crippen LogP contribution in [-0.2, 0) is 9.47 Å². The van der Waals surface area contributed by atoms with Crippen molar-refractivity contribution in [2.24, 2.45) is 0 Å². The molecule has 0 aromatic carbocycles. The van der Waals surface area contributed by atoms with Crippen molar-refractivity contribution in [3.8, 4) is 0 Å². The van der Waals surface area contributed by atoms with Gasteiger partial charge in [-0.2, -0.15) is 9.97 Å². The molecular weight excluding hydrogens is 346 g/mol. The maximum absolute atomic E-state index is 10.3. The average Bonchev–Trinajstić information content (AvgIpc) is 2.67. The Balaban J connectivity index is 1.75. The van der Waals surface area contributed by atoms with Gasteiger partial charge >= 0.3 is 0 Å². The van der Waals surface area contributed by atoms with E-state index in [0.29, 0.717) is 56.1 Å². The van der Waals surface area contributed by atoms with E-state index in [1.807, 2.05) is 17.0 Å². The first kappa shape index (κ1) is 16.7. The number of aromatic nitrogens is 3. The second-order valence-corrected chi connectivity index (χ2v) is 6.37. The largest absolute Gasteiger partial charge is 0.375 e. The highest BCUT2D eigenvalue weighted by atomic mass is 35.5. The third-order valence-corrected chi connectivity index (χ3v) is 4.75. The van der Waals surface area contributed by atoms with Crippen LogP contribution in [0.4, 0.5) is 11.8 Å². The summed E-state index contributed by atoms with van der Waals surface area (Å²) >= 11 is 5.94. The number of alkyl halides is 1. The van der Waals surface area contributed by atoms with Crippen molar-refractivity contribution in [3.05, 3.63) is 18.3 Å². The van der Waals surface area contributed by atoms with Crippen LogP contribution in [0.2, 0.25) is 0 Å². The molecule has 0 spiro atoms. The summed E-state index contributed by atoms with van der Waals surface area (Å²) in [5.74, 6) is 1.69. The average molecular weight is 366 g/mol. The molecule has 0 saturated carbocycles. The van der Waals surface area contributed by atoms with Crippen LogP contribution in [0.25, 0.3) is 11.0 Å². The number of halogens is 1. The Bertz CT molecular complexity index is 749. The number of rotatable bonds is 3. The van der Waals surface area contributed by atoms with Gasteiger partial charge in [0.2, 0.25) is 5.95 Å². The van der Waals surface area contributed by atoms with Crippen LogP contribution in [-0.4, -0.2) is 77.7 Å². The number of nitrogens with zero attached hydrogens (tertiary/aromatic N) is 5. The Hall–Kier alpha value is -1.74. The molecule has 25 heavy (non-hydrogen) atoms. The fraction of sp³-hybridized carbons (Fsp3) is 0.562. The third-order valence-electron chi connectivity index (χ3n) is 4.41. The minimum atomic E-state index is -0.736. The number of ether oxygens (including phenoxy) is 2. The second kappa shape index (κ2) is 7.25. The first-order chi connectivity index (χ1) is 12.3. The van der Waals surface area contributed by atoms with Gasteiger partial charge in [-0.1, -0.05) is 0 Å². The van der Waals surface area contributed by atoms with Gasteiger partial charge in [0.15, 0.2) is 11.9 Å². The van der Waals surface area contributed by atoms with Gasteiger partial charge in [-0.3, -0.25) is 0 Å². The third kappa shape index (κ3) is 3.35. The number of morpholine rings is 2. The van der Waals surface area contributed by atoms with E-state index in [2.05, 4.69) is 14.9 Å². The van der Waals surface area contributed by atoms with E-state index in [1.54, 1.807) is 6.20 Å². The highest BCUT2D eigenvalue weighted by molar-refractivity contribution is 6.18. The lowest BCUT2D eigenvalue weighted by Gasteiger charge is -2.35. The number of anilines is 2. The Kier molecular flexibility index (Phi) is 4.85. The zero-order valence-corrected chi connectivity index (χ0v) is 14.5. The van der Waals surface area contributed by atoms with Gasteiger partial charge in [0, 0.05) is 25.8 Å². The van der Waals surface area contributed by atoms with Gasteiger partial charge in [-0.05, 0) is 12.1 Å². The zero-order chi connectivity index (χ0) is 17.2. The summed E-state index contributed by atoms with van der Waals surface area (Å²) in [7, 11) is 0. The number of hydrogen-bond acceptors (Lipinski definition) is 8. The van der Waals surface area contributed by atoms with Crippen molar-refractivity contribution >= 4 is 34.4 Å². The van der Waals surface area contributed by atoms with Gasteiger partial charge in [-0.25, -0.2) is 4.98 Å². The highest BCUT2D eigenvalue weighted by Gasteiger charge is 2.27. The van der Waals surface area contributed by atoms with E-state index < -0.39 is 6.23 Å². The van der Waals surface area contributed by atoms with Crippen molar-refractivity contribution in [2.45, 2.75) is 12.3 Å². The molecule has 2 aromatic rings. The van der Waals surface area contributed by atoms with Gasteiger partial charge in [0.25, 0.3) is 0 Å². The Morgan fingerprint density at radius 1 is 1.28 bits per heavy atom. The molecule has 0 bridgehead atoms. The molecule has 134 valence electrons. The van der Waals surface area contributed by atoms with E-state index in [4.69, 9.17) is 26.1 Å². The predicted molar refractivity (Wildman–Crippen MR) is 94.2 cm³/mol. The number of aliphatic hydroxyl groups excluding tert-OH is 1. The van der Waals surface area contributed by atoms with Crippen LogP contribution in [0.15, 0.2) is 18.3 Å². The molecule has 0 amide bonds. The lowest BCUT2D eigenvalue weighted by atomic mass is 10.2. The molecule has 2 atom stereocenters. The van der Waals surface area contributed by atoms with Crippen molar-refractivity contribution in [3.63, 3.8) is 0 Å². The zero-order valence-electron chi connectivity index (χ0n) is 13.7. The molecule has 1 unspecified atom stereocenters. The van der Waals surface area contributed by atoms with Crippen LogP contribution in [0.1, 0.15) is 0 Å². The number of fused-ring (bicyclic) bond motifs is 1. The fourth-order valence-corrected chi connectivity index (χ4v) is 3.31. The van der Waals surface area contributed by atoms with Gasteiger partial charge in [0.05, 0.1) is 37.2 Å². The Labute approximate surface area is 150 Å². The standard InChI is InChI=1S/C16H20ClN5O3/c17-8-11-9-21(4-7-25-11)16-19-14-12(2-1-3-18-14)15(20-16)22-5-6-24-10-13(22)23/h1-3,11,13,23H,4-10H2/t11?,13-/m0/s1. The number of aliphatic hydroxyl groups is 1. The van der Waals surface area contributed by atoms with E-state index in [9.17, 15) is 5.11 Å². The lowest BCUT2D eigenvalue weighted by Crippen LogP contribution is -2.47. The van der Waals surface area contributed by atoms with Crippen molar-refractivity contribution in [1.82, 2.24) is 15.0 Å². The molecular formula is C16H20ClN5O3. The minimum absolute atomic E-state index is 0.0455. The summed E-state index contributed by atoms with van der Waals surface area (Å²) in [5.41, 5.74) is 0.607. The summed E-state index contributed by atoms with van der Waals surface area (Å²) in [6.45, 7) is 3.27. The number of hydrogen-bond donors (Lipinski definition) is 1. The minimum Gasteiger partial charge on any atom is -0.375 e. The van der Waals surface area contributed by atoms with Crippen LogP contribution >= 0.6 is 11.6 Å². The van der Waals surface area contributed by atoms with E-state index >= 15 is 0 Å². The quantitative estimate of drug-likeness (QED) is 0.793. The molecule has 9 heteroatoms. The molecule has 4 rings (SSSR count). The van der Waals surface area contributed by atoms with E-state index in [1.165, 1.54) is 0 Å². The molecule has 0 aliphatic carbocycles. The van der Waals surface area contributed by atoms with E-state index in [0.717, 1.165) is 5.39 Å². The summed E-state index contributed by atoms with van der Waals surface area (Å²) < 4.78 is 10.9. The van der Waals surface area contributed by atoms with Gasteiger partial charge in [-0.15, -0.1) is 11.6 Å². The van der Waals surface area contributed by atoms with Crippen molar-refractivity contribution < 1.29 is 14.6 Å². The van der Waals surface area contributed by atoms with Crippen LogP contribution < -0.4 is 9.80 Å². The van der Waals surface area contributed by atoms with Crippen LogP contribution in [0.3, 0.4) is 0 Å². The second-order valence-electron chi connectivity index (χ2n) is 6.06. The summed E-state index contributed by atoms with van der Waals surface area (Å²) in [6, 6.07) is 3.77. The molecule has 2 saturated heterocycles. The first-order valence-electron chi connectivity index (χ1n) is 8.34. The molecule has 2 fully saturated rings. The normalized spacial score (nSPS) is 24.7. The summed E-state index contributed by atoms with van der Waals surface area (Å²) in [6.07, 6.45) is 0.926. The molecule has 2 aromatic heterocycles. The fourth-order valence-electron chi connectivity index (χ4n) is 3.13. The number of pyridine rings is 1. The monoisotopic (exact) mass is 365 g/mol. The molecule has 4 heterocycles. The topological polar surface area (TPSA) is 83.8 Å². The van der Waals surface area contributed by atoms with Crippen LogP contribution in [0, 0.1) is 0 Å². The smallest absolute Gasteiger partial charge is 0.229 e. The van der Waals surface area contributed by atoms with Crippen LogP contribution in [0.5, 0.6) is 0 Å². The Morgan fingerprint density at radius 3 is 3.04 bits per heavy atom. The van der Waals surface area contributed by atoms with Gasteiger partial charge < -0.3 is 24.4 Å². The van der Waals surface area contributed by atoms with Crippen molar-refractivity contribution in [2.75, 3.05) is 55.1 Å². The molecule has 2 aliphatic rings. The maximum atomic E-state index is 10.3. The molecule has 2 aliphatic heterocycles. The summed E-state index contributed by atoms with van der Waals surface area (Å²) in [4.78, 5) is 17.7. The lowest BCUT2D eigenvalue weighted by molar-refractivity contribution is 0.00601. The molecule has 0 radical (unpaired) electrons. The maximum Gasteiger partial charge on any atom is 0.229 e. The van der Waals surface area contributed by atoms with Crippen molar-refractivity contribution in [1.29, 1.82) is 0 Å². The summed E-state index contributed by atoms with van der Waals surface area (Å²) in [5, 5.41) is 11.1. The van der Waals surface area contributed by atoms with E-state index in [-0.39, 0.29) is 12.7 Å². The van der Waals surface area contributed by atoms with Gasteiger partial charge in [0.1, 0.15) is 5.82 Å². The molecule has 1 N–H and O–H groups in total. The SMILES string of the molecule is O[C@H]1COCCN1c1nc(N2CCOC(CCl)C2)nc2ncccc12. The Morgan fingerprint density at radius 2 is 2.20 bits per heavy atom. The molecule has 8 nitrogen and oxygen atoms in total.